The number of rotatable bonds is 9. The van der Waals surface area contributed by atoms with Crippen molar-refractivity contribution >= 4 is 11.8 Å². The normalized spacial score (nSPS) is 10.1. The van der Waals surface area contributed by atoms with Crippen LogP contribution >= 0.6 is 0 Å². The second kappa shape index (κ2) is 8.19. The Labute approximate surface area is 118 Å². The maximum atomic E-state index is 11.2. The minimum atomic E-state index is -1.42. The molecule has 0 radical (unpaired) electrons. The summed E-state index contributed by atoms with van der Waals surface area (Å²) >= 11 is 0. The lowest BCUT2D eigenvalue weighted by Gasteiger charge is -2.12. The zero-order valence-corrected chi connectivity index (χ0v) is 11.8. The molecule has 0 aromatic heterocycles. The molecule has 5 heteroatoms. The van der Waals surface area contributed by atoms with Crippen molar-refractivity contribution in [1.29, 1.82) is 0 Å². The van der Waals surface area contributed by atoms with E-state index in [1.807, 2.05) is 6.92 Å². The van der Waals surface area contributed by atoms with Gasteiger partial charge in [-0.25, -0.2) is 4.79 Å². The second-order valence-corrected chi connectivity index (χ2v) is 4.32. The first-order valence-electron chi connectivity index (χ1n) is 6.73. The van der Waals surface area contributed by atoms with E-state index in [1.54, 1.807) is 18.2 Å². The van der Waals surface area contributed by atoms with Gasteiger partial charge in [-0.05, 0) is 31.0 Å². The first-order chi connectivity index (χ1) is 9.58. The molecule has 0 saturated heterocycles. The largest absolute Gasteiger partial charge is 0.490 e. The van der Waals surface area contributed by atoms with Gasteiger partial charge in [-0.3, -0.25) is 4.79 Å². The van der Waals surface area contributed by atoms with E-state index in [4.69, 9.17) is 14.6 Å². The molecule has 0 saturated carbocycles. The summed E-state index contributed by atoms with van der Waals surface area (Å²) in [7, 11) is 0. The maximum Gasteiger partial charge on any atom is 0.372 e. The van der Waals surface area contributed by atoms with Crippen LogP contribution in [0.4, 0.5) is 0 Å². The van der Waals surface area contributed by atoms with E-state index in [1.165, 1.54) is 0 Å². The fourth-order valence-corrected chi connectivity index (χ4v) is 1.64. The third-order valence-corrected chi connectivity index (χ3v) is 2.67. The Morgan fingerprint density at radius 3 is 2.50 bits per heavy atom. The zero-order chi connectivity index (χ0) is 15.0. The smallest absolute Gasteiger partial charge is 0.372 e. The summed E-state index contributed by atoms with van der Waals surface area (Å²) in [5, 5.41) is 8.61. The van der Waals surface area contributed by atoms with Crippen molar-refractivity contribution in [3.63, 3.8) is 0 Å². The van der Waals surface area contributed by atoms with Gasteiger partial charge in [0.15, 0.2) is 11.5 Å². The van der Waals surface area contributed by atoms with Gasteiger partial charge in [0.2, 0.25) is 5.78 Å². The molecule has 110 valence electrons. The minimum Gasteiger partial charge on any atom is -0.490 e. The Bertz CT molecular complexity index is 467. The Kier molecular flexibility index (Phi) is 6.56. The van der Waals surface area contributed by atoms with Gasteiger partial charge in [0.25, 0.3) is 0 Å². The number of aliphatic carboxylic acids is 1. The van der Waals surface area contributed by atoms with Gasteiger partial charge in [0.05, 0.1) is 13.2 Å². The number of Topliss-reactive ketones (excluding diaryl/α,β-unsaturated/α-hetero) is 1. The van der Waals surface area contributed by atoms with Crippen molar-refractivity contribution in [1.82, 2.24) is 0 Å². The number of carbonyl (C=O) groups excluding carboxylic acids is 1. The van der Waals surface area contributed by atoms with Gasteiger partial charge < -0.3 is 14.6 Å². The first kappa shape index (κ1) is 16.0. The fourth-order valence-electron chi connectivity index (χ4n) is 1.64. The average molecular weight is 280 g/mol. The number of hydrogen-bond donors (Lipinski definition) is 1. The summed E-state index contributed by atoms with van der Waals surface area (Å²) < 4.78 is 11.1. The molecule has 0 amide bonds. The highest BCUT2D eigenvalue weighted by Gasteiger charge is 2.14. The summed E-state index contributed by atoms with van der Waals surface area (Å²) in [5.74, 6) is -1.11. The van der Waals surface area contributed by atoms with E-state index < -0.39 is 11.8 Å². The molecule has 0 aliphatic rings. The van der Waals surface area contributed by atoms with Crippen LogP contribution in [0.5, 0.6) is 11.5 Å². The predicted octanol–water partition coefficient (Wildman–Crippen LogP) is 2.46. The number of ketones is 1. The van der Waals surface area contributed by atoms with Crippen LogP contribution < -0.4 is 9.47 Å². The third-order valence-electron chi connectivity index (χ3n) is 2.67. The van der Waals surface area contributed by atoms with Crippen molar-refractivity contribution in [2.45, 2.75) is 33.1 Å². The molecule has 0 fully saturated rings. The lowest BCUT2D eigenvalue weighted by atomic mass is 10.1. The number of unbranched alkanes of at least 4 members (excludes halogenated alkanes) is 1. The van der Waals surface area contributed by atoms with Crippen LogP contribution in [0.25, 0.3) is 0 Å². The van der Waals surface area contributed by atoms with Crippen molar-refractivity contribution in [3.8, 4) is 11.5 Å². The first-order valence-corrected chi connectivity index (χ1v) is 6.73. The van der Waals surface area contributed by atoms with Crippen LogP contribution in [0.3, 0.4) is 0 Å². The van der Waals surface area contributed by atoms with Crippen molar-refractivity contribution in [2.24, 2.45) is 0 Å². The molecule has 5 nitrogen and oxygen atoms in total. The van der Waals surface area contributed by atoms with E-state index in [9.17, 15) is 9.59 Å². The molecule has 0 heterocycles. The zero-order valence-electron chi connectivity index (χ0n) is 11.8. The summed E-state index contributed by atoms with van der Waals surface area (Å²) in [5.41, 5.74) is 0.601. The van der Waals surface area contributed by atoms with Crippen LogP contribution in [-0.4, -0.2) is 30.1 Å². The monoisotopic (exact) mass is 280 g/mol. The summed E-state index contributed by atoms with van der Waals surface area (Å²) in [6, 6.07) is 5.06. The molecule has 1 aromatic rings. The molecule has 0 bridgehead atoms. The number of carboxylic acid groups (broad SMARTS) is 1. The van der Waals surface area contributed by atoms with Gasteiger partial charge >= 0.3 is 5.97 Å². The molecule has 0 aliphatic carbocycles. The lowest BCUT2D eigenvalue weighted by Crippen LogP contribution is -2.15. The molecule has 0 spiro atoms. The summed E-state index contributed by atoms with van der Waals surface area (Å²) in [4.78, 5) is 21.8. The van der Waals surface area contributed by atoms with Crippen LogP contribution in [0, 0.1) is 0 Å². The Morgan fingerprint density at radius 1 is 1.15 bits per heavy atom. The number of hydrogen-bond acceptors (Lipinski definition) is 4. The van der Waals surface area contributed by atoms with Gasteiger partial charge in [-0.2, -0.15) is 0 Å². The van der Waals surface area contributed by atoms with Crippen molar-refractivity contribution in [2.75, 3.05) is 13.2 Å². The molecule has 1 aromatic carbocycles. The molecular formula is C15H20O5. The van der Waals surface area contributed by atoms with E-state index in [0.717, 1.165) is 12.8 Å². The number of carbonyl (C=O) groups is 2. The molecule has 0 aliphatic heterocycles. The Morgan fingerprint density at radius 2 is 1.90 bits per heavy atom. The van der Waals surface area contributed by atoms with Gasteiger partial charge in [0, 0.05) is 6.42 Å². The standard InChI is InChI=1S/C15H20O5/c1-3-5-8-20-13-7-6-11(9-12(16)15(17)18)10-14(13)19-4-2/h6-7,10H,3-5,8-9H2,1-2H3,(H,17,18). The summed E-state index contributed by atoms with van der Waals surface area (Å²) in [6.07, 6.45) is 1.84. The second-order valence-electron chi connectivity index (χ2n) is 4.32. The lowest BCUT2D eigenvalue weighted by molar-refractivity contribution is -0.148. The molecule has 1 N–H and O–H groups in total. The molecule has 1 rings (SSSR count). The van der Waals surface area contributed by atoms with E-state index in [-0.39, 0.29) is 6.42 Å². The molecular weight excluding hydrogens is 260 g/mol. The van der Waals surface area contributed by atoms with E-state index >= 15 is 0 Å². The van der Waals surface area contributed by atoms with E-state index in [0.29, 0.717) is 30.3 Å². The Balaban J connectivity index is 2.82. The van der Waals surface area contributed by atoms with Gasteiger partial charge in [0.1, 0.15) is 0 Å². The van der Waals surface area contributed by atoms with Crippen LogP contribution in [0.2, 0.25) is 0 Å². The van der Waals surface area contributed by atoms with E-state index in [2.05, 4.69) is 6.92 Å². The molecule has 0 atom stereocenters. The predicted molar refractivity (Wildman–Crippen MR) is 74.4 cm³/mol. The third kappa shape index (κ3) is 4.91. The highest BCUT2D eigenvalue weighted by molar-refractivity contribution is 6.33. The molecule has 0 unspecified atom stereocenters. The van der Waals surface area contributed by atoms with Gasteiger partial charge in [-0.1, -0.05) is 19.4 Å². The van der Waals surface area contributed by atoms with Crippen LogP contribution in [0.1, 0.15) is 32.3 Å². The highest BCUT2D eigenvalue weighted by Crippen LogP contribution is 2.29. The topological polar surface area (TPSA) is 72.8 Å². The van der Waals surface area contributed by atoms with Crippen molar-refractivity contribution in [3.05, 3.63) is 23.8 Å². The van der Waals surface area contributed by atoms with Crippen LogP contribution in [-0.2, 0) is 16.0 Å². The number of ether oxygens (including phenoxy) is 2. The average Bonchev–Trinajstić information content (AvgIpc) is 2.41. The van der Waals surface area contributed by atoms with Crippen molar-refractivity contribution < 1.29 is 24.2 Å². The number of benzene rings is 1. The number of carboxylic acids is 1. The van der Waals surface area contributed by atoms with Gasteiger partial charge in [-0.15, -0.1) is 0 Å². The highest BCUT2D eigenvalue weighted by atomic mass is 16.5. The Hall–Kier alpha value is -2.04. The summed E-state index contributed by atoms with van der Waals surface area (Å²) in [6.45, 7) is 5.00. The molecule has 20 heavy (non-hydrogen) atoms. The minimum absolute atomic E-state index is 0.148. The maximum absolute atomic E-state index is 11.2. The SMILES string of the molecule is CCCCOc1ccc(CC(=O)C(=O)O)cc1OCC. The quantitative estimate of drug-likeness (QED) is 0.555. The fraction of sp³-hybridized carbons (Fsp3) is 0.467. The van der Waals surface area contributed by atoms with Crippen LogP contribution in [0.15, 0.2) is 18.2 Å².